The van der Waals surface area contributed by atoms with Gasteiger partial charge in [0.15, 0.2) is 0 Å². The highest BCUT2D eigenvalue weighted by Gasteiger charge is 2.23. The van der Waals surface area contributed by atoms with E-state index < -0.39 is 5.76 Å². The molecule has 8 heteroatoms. The smallest absolute Gasteiger partial charge is 0.392 e. The monoisotopic (exact) mass is 432 g/mol. The quantitative estimate of drug-likeness (QED) is 0.400. The molecule has 4 rings (SSSR count). The Hall–Kier alpha value is -3.68. The number of hydrogen-bond acceptors (Lipinski definition) is 6. The van der Waals surface area contributed by atoms with E-state index >= 15 is 0 Å². The minimum Gasteiger partial charge on any atom is -0.392 e. The van der Waals surface area contributed by atoms with Crippen LogP contribution in [0.2, 0.25) is 0 Å². The molecule has 0 radical (unpaired) electrons. The van der Waals surface area contributed by atoms with E-state index in [4.69, 9.17) is 4.42 Å². The molecule has 0 bridgehead atoms. The molecule has 166 valence electrons. The Labute approximate surface area is 186 Å². The summed E-state index contributed by atoms with van der Waals surface area (Å²) < 4.78 is 6.94. The molecule has 1 atom stereocenters. The van der Waals surface area contributed by atoms with Crippen molar-refractivity contribution < 1.29 is 4.42 Å². The summed E-state index contributed by atoms with van der Waals surface area (Å²) in [5, 5.41) is 14.1. The Morgan fingerprint density at radius 2 is 1.91 bits per heavy atom. The van der Waals surface area contributed by atoms with Gasteiger partial charge in [0.05, 0.1) is 12.5 Å². The third-order valence-corrected chi connectivity index (χ3v) is 5.88. The van der Waals surface area contributed by atoms with Crippen LogP contribution in [0.4, 0.5) is 11.4 Å². The second kappa shape index (κ2) is 9.64. The van der Waals surface area contributed by atoms with E-state index in [0.29, 0.717) is 18.2 Å². The maximum Gasteiger partial charge on any atom is 0.434 e. The van der Waals surface area contributed by atoms with Crippen molar-refractivity contribution in [3.05, 3.63) is 88.3 Å². The van der Waals surface area contributed by atoms with Crippen LogP contribution in [-0.4, -0.2) is 25.0 Å². The van der Waals surface area contributed by atoms with Crippen LogP contribution in [0.25, 0.3) is 0 Å². The van der Waals surface area contributed by atoms with E-state index in [9.17, 15) is 4.79 Å². The molecule has 0 fully saturated rings. The molecule has 0 aliphatic carbocycles. The number of nitrogens with one attached hydrogen (secondary N) is 2. The maximum atomic E-state index is 11.1. The van der Waals surface area contributed by atoms with E-state index in [0.717, 1.165) is 29.8 Å². The molecule has 0 aliphatic heterocycles. The SMILES string of the molecule is CCC(CC)C(c1ccc(Nc2ccc(Cc3n[nH]c(=O)o3)cc2)c(C)c1)n1cncn1. The molecule has 0 aliphatic rings. The van der Waals surface area contributed by atoms with Crippen molar-refractivity contribution in [2.24, 2.45) is 5.92 Å². The van der Waals surface area contributed by atoms with Gasteiger partial charge in [-0.1, -0.05) is 51.0 Å². The third kappa shape index (κ3) is 4.80. The van der Waals surface area contributed by atoms with Gasteiger partial charge in [0.25, 0.3) is 0 Å². The minimum atomic E-state index is -0.535. The van der Waals surface area contributed by atoms with Crippen molar-refractivity contribution in [2.45, 2.75) is 46.1 Å². The zero-order chi connectivity index (χ0) is 22.5. The average molecular weight is 433 g/mol. The fraction of sp³-hybridized carbons (Fsp3) is 0.333. The Kier molecular flexibility index (Phi) is 6.49. The molecule has 2 heterocycles. The molecule has 2 N–H and O–H groups in total. The standard InChI is InChI=1S/C24H28N6O2/c1-4-18(5-2)23(30-15-25-14-26-30)19-8-11-21(16(3)12-19)27-20-9-6-17(7-10-20)13-22-28-29-24(31)32-22/h6-12,14-15,18,23,27H,4-5,13H2,1-3H3,(H,29,31). The average Bonchev–Trinajstić information content (AvgIpc) is 3.46. The first-order valence-electron chi connectivity index (χ1n) is 10.9. The molecular weight excluding hydrogens is 404 g/mol. The number of H-pyrrole nitrogens is 1. The van der Waals surface area contributed by atoms with Gasteiger partial charge in [-0.2, -0.15) is 5.10 Å². The van der Waals surface area contributed by atoms with Gasteiger partial charge in [-0.25, -0.2) is 19.6 Å². The van der Waals surface area contributed by atoms with Crippen LogP contribution < -0.4 is 11.1 Å². The molecule has 2 aromatic carbocycles. The number of rotatable bonds is 9. The normalized spacial score (nSPS) is 12.2. The molecule has 4 aromatic rings. The second-order valence-electron chi connectivity index (χ2n) is 7.98. The number of aromatic nitrogens is 5. The lowest BCUT2D eigenvalue weighted by Crippen LogP contribution is -2.20. The first-order chi connectivity index (χ1) is 15.6. The maximum absolute atomic E-state index is 11.1. The van der Waals surface area contributed by atoms with Crippen molar-refractivity contribution in [1.29, 1.82) is 0 Å². The first kappa shape index (κ1) is 21.5. The summed E-state index contributed by atoms with van der Waals surface area (Å²) in [5.74, 6) is 0.329. The molecule has 0 amide bonds. The summed E-state index contributed by atoms with van der Waals surface area (Å²) in [6, 6.07) is 14.7. The van der Waals surface area contributed by atoms with Crippen molar-refractivity contribution in [3.8, 4) is 0 Å². The topological polar surface area (TPSA) is 102 Å². The largest absolute Gasteiger partial charge is 0.434 e. The second-order valence-corrected chi connectivity index (χ2v) is 7.98. The summed E-state index contributed by atoms with van der Waals surface area (Å²) in [4.78, 5) is 15.2. The highest BCUT2D eigenvalue weighted by molar-refractivity contribution is 5.64. The van der Waals surface area contributed by atoms with Crippen molar-refractivity contribution in [3.63, 3.8) is 0 Å². The van der Waals surface area contributed by atoms with Gasteiger partial charge in [0, 0.05) is 11.4 Å². The number of anilines is 2. The summed E-state index contributed by atoms with van der Waals surface area (Å²) >= 11 is 0. The van der Waals surface area contributed by atoms with Crippen LogP contribution in [0, 0.1) is 12.8 Å². The van der Waals surface area contributed by atoms with Crippen molar-refractivity contribution in [2.75, 3.05) is 5.32 Å². The van der Waals surface area contributed by atoms with E-state index in [2.05, 4.69) is 64.6 Å². The molecule has 0 saturated carbocycles. The summed E-state index contributed by atoms with van der Waals surface area (Å²) in [6.45, 7) is 6.57. The lowest BCUT2D eigenvalue weighted by molar-refractivity contribution is 0.332. The van der Waals surface area contributed by atoms with Crippen LogP contribution in [0.1, 0.15) is 55.3 Å². The molecular formula is C24H28N6O2. The molecule has 8 nitrogen and oxygen atoms in total. The van der Waals surface area contributed by atoms with Gasteiger partial charge in [0.1, 0.15) is 12.7 Å². The summed E-state index contributed by atoms with van der Waals surface area (Å²) in [6.07, 6.45) is 6.02. The molecule has 0 saturated heterocycles. The molecule has 1 unspecified atom stereocenters. The van der Waals surface area contributed by atoms with Gasteiger partial charge >= 0.3 is 5.76 Å². The highest BCUT2D eigenvalue weighted by atomic mass is 16.4. The predicted octanol–water partition coefficient (Wildman–Crippen LogP) is 4.62. The summed E-state index contributed by atoms with van der Waals surface area (Å²) in [7, 11) is 0. The zero-order valence-corrected chi connectivity index (χ0v) is 18.6. The van der Waals surface area contributed by atoms with Gasteiger partial charge in [0.2, 0.25) is 5.89 Å². The molecule has 32 heavy (non-hydrogen) atoms. The number of aryl methyl sites for hydroxylation is 1. The van der Waals surface area contributed by atoms with E-state index in [1.54, 1.807) is 12.7 Å². The van der Waals surface area contributed by atoms with Gasteiger partial charge in [-0.05, 0) is 47.7 Å². The van der Waals surface area contributed by atoms with Gasteiger partial charge < -0.3 is 9.73 Å². The lowest BCUT2D eigenvalue weighted by atomic mass is 9.88. The highest BCUT2D eigenvalue weighted by Crippen LogP contribution is 2.33. The van der Waals surface area contributed by atoms with Crippen LogP contribution in [0.15, 0.2) is 64.3 Å². The Bertz CT molecular complexity index is 1190. The van der Waals surface area contributed by atoms with Gasteiger partial charge in [-0.15, -0.1) is 5.10 Å². The third-order valence-electron chi connectivity index (χ3n) is 5.88. The first-order valence-corrected chi connectivity index (χ1v) is 10.9. The predicted molar refractivity (Wildman–Crippen MR) is 123 cm³/mol. The Morgan fingerprint density at radius 3 is 2.50 bits per heavy atom. The lowest BCUT2D eigenvalue weighted by Gasteiger charge is -2.26. The fourth-order valence-corrected chi connectivity index (χ4v) is 4.12. The van der Waals surface area contributed by atoms with E-state index in [-0.39, 0.29) is 6.04 Å². The van der Waals surface area contributed by atoms with Crippen LogP contribution in [0.3, 0.4) is 0 Å². The van der Waals surface area contributed by atoms with E-state index in [1.807, 2.05) is 28.9 Å². The fourth-order valence-electron chi connectivity index (χ4n) is 4.12. The van der Waals surface area contributed by atoms with Crippen molar-refractivity contribution in [1.82, 2.24) is 25.0 Å². The van der Waals surface area contributed by atoms with E-state index in [1.165, 1.54) is 11.1 Å². The number of nitrogens with zero attached hydrogens (tertiary/aromatic N) is 4. The van der Waals surface area contributed by atoms with Crippen LogP contribution in [0.5, 0.6) is 0 Å². The van der Waals surface area contributed by atoms with Crippen LogP contribution in [-0.2, 0) is 6.42 Å². The molecule has 0 spiro atoms. The number of benzene rings is 2. The van der Waals surface area contributed by atoms with Crippen molar-refractivity contribution >= 4 is 11.4 Å². The minimum absolute atomic E-state index is 0.168. The van der Waals surface area contributed by atoms with Crippen LogP contribution >= 0.6 is 0 Å². The summed E-state index contributed by atoms with van der Waals surface area (Å²) in [5.41, 5.74) is 5.46. The number of hydrogen-bond donors (Lipinski definition) is 2. The zero-order valence-electron chi connectivity index (χ0n) is 18.6. The molecule has 2 aromatic heterocycles. The number of aromatic amines is 1. The Morgan fingerprint density at radius 1 is 1.12 bits per heavy atom. The Balaban J connectivity index is 1.51. The van der Waals surface area contributed by atoms with Gasteiger partial charge in [-0.3, -0.25) is 0 Å².